The van der Waals surface area contributed by atoms with Crippen molar-refractivity contribution in [3.63, 3.8) is 0 Å². The van der Waals surface area contributed by atoms with Crippen LogP contribution in [-0.4, -0.2) is 49.8 Å². The summed E-state index contributed by atoms with van der Waals surface area (Å²) in [7, 11) is -15.1. The van der Waals surface area contributed by atoms with Crippen molar-refractivity contribution >= 4 is 80.7 Å². The summed E-state index contributed by atoms with van der Waals surface area (Å²) in [6.45, 7) is 1.65. The van der Waals surface area contributed by atoms with Crippen LogP contribution in [0, 0.1) is 6.92 Å². The lowest BCUT2D eigenvalue weighted by molar-refractivity contribution is 0.102. The molecule has 0 radical (unpaired) electrons. The number of aryl methyl sites for hydroxylation is 1. The summed E-state index contributed by atoms with van der Waals surface area (Å²) < 4.78 is 102. The molecule has 0 aliphatic heterocycles. The molecule has 17 heteroatoms. The summed E-state index contributed by atoms with van der Waals surface area (Å²) >= 11 is 0. The van der Waals surface area contributed by atoms with Crippen molar-refractivity contribution in [3.8, 4) is 0 Å². The number of benzene rings is 4. The molecule has 1 aromatic heterocycles. The molecule has 5 aromatic rings. The Kier molecular flexibility index (Phi) is 7.57. The predicted octanol–water partition coefficient (Wildman–Crippen LogP) is 4.01. The number of hydrogen-bond donors (Lipinski definition) is 6. The number of aromatic nitrogens is 1. The second kappa shape index (κ2) is 10.8. The second-order valence-corrected chi connectivity index (χ2v) is 13.9. The van der Waals surface area contributed by atoms with E-state index in [1.807, 2.05) is 0 Å². The van der Waals surface area contributed by atoms with Gasteiger partial charge in [-0.3, -0.25) is 23.4 Å². The fourth-order valence-electron chi connectivity index (χ4n) is 4.59. The Morgan fingerprint density at radius 2 is 1.43 bits per heavy atom. The molecular weight excluding hydrogens is 637 g/mol. The van der Waals surface area contributed by atoms with Crippen molar-refractivity contribution in [3.05, 3.63) is 84.1 Å². The molecule has 44 heavy (non-hydrogen) atoms. The van der Waals surface area contributed by atoms with E-state index in [-0.39, 0.29) is 22.1 Å². The topological polar surface area (TPSA) is 243 Å². The molecule has 0 bridgehead atoms. The Bertz CT molecular complexity index is 2350. The molecule has 0 spiro atoms. The van der Waals surface area contributed by atoms with Crippen LogP contribution >= 0.6 is 0 Å². The molecule has 0 fully saturated rings. The van der Waals surface area contributed by atoms with Crippen LogP contribution in [0.5, 0.6) is 0 Å². The molecule has 5 rings (SSSR count). The summed E-state index contributed by atoms with van der Waals surface area (Å²) in [6, 6.07) is 15.5. The van der Waals surface area contributed by atoms with Crippen LogP contribution in [0.2, 0.25) is 0 Å². The quantitative estimate of drug-likeness (QED) is 0.107. The van der Waals surface area contributed by atoms with E-state index in [9.17, 15) is 43.7 Å². The fraction of sp³-hybridized carbons (Fsp3) is 0.0370. The zero-order valence-corrected chi connectivity index (χ0v) is 24.8. The number of fused-ring (bicyclic) bond motifs is 2. The molecule has 228 valence electrons. The van der Waals surface area contributed by atoms with E-state index in [1.54, 1.807) is 43.3 Å². The summed E-state index contributed by atoms with van der Waals surface area (Å²) in [5, 5.41) is 5.27. The van der Waals surface area contributed by atoms with Crippen molar-refractivity contribution in [2.24, 2.45) is 0 Å². The lowest BCUT2D eigenvalue weighted by Gasteiger charge is -2.17. The number of carbonyl (C=O) groups is 1. The maximum Gasteiger partial charge on any atom is 0.295 e. The smallest absolute Gasteiger partial charge is 0.295 e. The van der Waals surface area contributed by atoms with Gasteiger partial charge in [-0.2, -0.15) is 25.3 Å². The van der Waals surface area contributed by atoms with Gasteiger partial charge >= 0.3 is 0 Å². The molecule has 1 amide bonds. The van der Waals surface area contributed by atoms with E-state index in [0.29, 0.717) is 39.6 Å². The lowest BCUT2D eigenvalue weighted by atomic mass is 10.1. The Morgan fingerprint density at radius 3 is 2.05 bits per heavy atom. The maximum atomic E-state index is 12.8. The highest BCUT2D eigenvalue weighted by molar-refractivity contribution is 7.87. The molecular formula is C27H22N4O10S3. The van der Waals surface area contributed by atoms with Crippen molar-refractivity contribution < 1.29 is 43.7 Å². The van der Waals surface area contributed by atoms with Gasteiger partial charge < -0.3 is 16.4 Å². The predicted molar refractivity (Wildman–Crippen MR) is 162 cm³/mol. The average molecular weight is 659 g/mol. The molecule has 0 aliphatic carbocycles. The lowest BCUT2D eigenvalue weighted by Crippen LogP contribution is -2.12. The summed E-state index contributed by atoms with van der Waals surface area (Å²) in [4.78, 5) is 14.6. The number of nitrogen functional groups attached to an aromatic ring is 1. The highest BCUT2D eigenvalue weighted by Crippen LogP contribution is 2.38. The van der Waals surface area contributed by atoms with Gasteiger partial charge in [0.05, 0.1) is 15.3 Å². The van der Waals surface area contributed by atoms with Gasteiger partial charge in [-0.15, -0.1) is 0 Å². The first kappa shape index (κ1) is 30.8. The van der Waals surface area contributed by atoms with Crippen LogP contribution in [0.3, 0.4) is 0 Å². The molecule has 0 saturated carbocycles. The monoisotopic (exact) mass is 658 g/mol. The number of nitrogens with two attached hydrogens (primary N) is 1. The van der Waals surface area contributed by atoms with E-state index in [4.69, 9.17) is 5.73 Å². The van der Waals surface area contributed by atoms with Gasteiger partial charge in [0.2, 0.25) is 0 Å². The van der Waals surface area contributed by atoms with E-state index in [0.717, 1.165) is 18.2 Å². The van der Waals surface area contributed by atoms with Gasteiger partial charge in [0, 0.05) is 44.8 Å². The van der Waals surface area contributed by atoms with Gasteiger partial charge in [-0.1, -0.05) is 6.07 Å². The van der Waals surface area contributed by atoms with Gasteiger partial charge in [0.1, 0.15) is 4.90 Å². The van der Waals surface area contributed by atoms with Crippen LogP contribution in [0.25, 0.3) is 21.7 Å². The van der Waals surface area contributed by atoms with Gasteiger partial charge in [-0.05, 0) is 79.0 Å². The zero-order valence-electron chi connectivity index (χ0n) is 22.4. The normalized spacial score (nSPS) is 12.4. The first-order valence-electron chi connectivity index (χ1n) is 12.3. The molecule has 14 nitrogen and oxygen atoms in total. The van der Waals surface area contributed by atoms with Crippen molar-refractivity contribution in [2.45, 2.75) is 21.6 Å². The molecule has 7 N–H and O–H groups in total. The zero-order chi connectivity index (χ0) is 32.2. The summed E-state index contributed by atoms with van der Waals surface area (Å²) in [5.74, 6) is -0.467. The third kappa shape index (κ3) is 6.32. The minimum absolute atomic E-state index is 0.224. The largest absolute Gasteiger partial charge is 0.399 e. The Labute approximate surface area is 250 Å². The number of hydrogen-bond acceptors (Lipinski definition) is 10. The van der Waals surface area contributed by atoms with E-state index in [2.05, 4.69) is 15.6 Å². The molecule has 0 aliphatic rings. The van der Waals surface area contributed by atoms with E-state index in [1.165, 1.54) is 12.1 Å². The number of rotatable bonds is 7. The van der Waals surface area contributed by atoms with Crippen LogP contribution in [-0.2, 0) is 30.4 Å². The molecule has 0 saturated heterocycles. The van der Waals surface area contributed by atoms with Crippen LogP contribution in [0.1, 0.15) is 16.1 Å². The van der Waals surface area contributed by atoms with E-state index >= 15 is 0 Å². The Hall–Kier alpha value is -4.65. The first-order valence-corrected chi connectivity index (χ1v) is 16.6. The van der Waals surface area contributed by atoms with Crippen molar-refractivity contribution in [1.82, 2.24) is 4.98 Å². The summed E-state index contributed by atoms with van der Waals surface area (Å²) in [5.41, 5.74) is 7.59. The van der Waals surface area contributed by atoms with Gasteiger partial charge in [0.25, 0.3) is 36.3 Å². The van der Waals surface area contributed by atoms with Gasteiger partial charge in [-0.25, -0.2) is 0 Å². The fourth-order valence-corrected chi connectivity index (χ4v) is 6.51. The van der Waals surface area contributed by atoms with Crippen LogP contribution < -0.4 is 16.4 Å². The van der Waals surface area contributed by atoms with E-state index < -0.39 is 50.9 Å². The van der Waals surface area contributed by atoms with Gasteiger partial charge in [0.15, 0.2) is 0 Å². The van der Waals surface area contributed by atoms with Crippen LogP contribution in [0.4, 0.5) is 22.7 Å². The molecule has 0 atom stereocenters. The Balaban J connectivity index is 1.73. The average Bonchev–Trinajstić information content (AvgIpc) is 2.91. The molecule has 4 aromatic carbocycles. The second-order valence-electron chi connectivity index (χ2n) is 9.66. The third-order valence-corrected chi connectivity index (χ3v) is 8.99. The first-order chi connectivity index (χ1) is 20.4. The number of pyridine rings is 1. The van der Waals surface area contributed by atoms with Crippen molar-refractivity contribution in [2.75, 3.05) is 16.4 Å². The number of amides is 1. The minimum atomic E-state index is -5.17. The number of carbonyl (C=O) groups excluding carboxylic acids is 1. The highest BCUT2D eigenvalue weighted by atomic mass is 32.2. The SMILES string of the molecule is Cc1cc(Nc2cc(S(=O)(=O)O)cc3cc(S(=O)(=O)O)cc(S(=O)(=O)O)c23)c2cc(NC(=O)c3cccc(N)c3)ccc2n1. The Morgan fingerprint density at radius 1 is 0.773 bits per heavy atom. The third-order valence-electron chi connectivity index (χ3n) is 6.45. The van der Waals surface area contributed by atoms with Crippen LogP contribution in [0.15, 0.2) is 87.5 Å². The van der Waals surface area contributed by atoms with Crippen molar-refractivity contribution in [1.29, 1.82) is 0 Å². The number of nitrogens with one attached hydrogen (secondary N) is 2. The molecule has 0 unspecified atom stereocenters. The minimum Gasteiger partial charge on any atom is -0.399 e. The maximum absolute atomic E-state index is 12.8. The molecule has 1 heterocycles. The number of anilines is 4. The summed E-state index contributed by atoms with van der Waals surface area (Å²) in [6.07, 6.45) is 0. The number of nitrogens with zero attached hydrogens (tertiary/aromatic N) is 1. The highest BCUT2D eigenvalue weighted by Gasteiger charge is 2.25. The standard InChI is InChI=1S/C27H22N4O10S3/c1-14-7-23(21-11-18(5-6-22(21)29-14)30-27(32)15-3-2-4-17(28)8-15)31-24-12-19(42(33,34)35)9-16-10-20(43(36,37)38)13-25(26(16)24)44(39,40)41/h2-13H,28H2,1H3,(H,29,31)(H,30,32)(H,33,34,35)(H,36,37,38)(H,39,40,41).